The van der Waals surface area contributed by atoms with Crippen molar-refractivity contribution in [2.45, 2.75) is 44.1 Å². The monoisotopic (exact) mass is 510 g/mol. The summed E-state index contributed by atoms with van der Waals surface area (Å²) in [4.78, 5) is 31.3. The molecule has 2 aliphatic rings. The van der Waals surface area contributed by atoms with E-state index in [1.54, 1.807) is 19.1 Å². The minimum atomic E-state index is -1.02. The lowest BCUT2D eigenvalue weighted by atomic mass is 9.81. The number of benzene rings is 2. The van der Waals surface area contributed by atoms with Crippen molar-refractivity contribution in [1.29, 1.82) is 0 Å². The number of carbonyl (C=O) groups is 2. The van der Waals surface area contributed by atoms with Gasteiger partial charge in [-0.15, -0.1) is 0 Å². The Hall–Kier alpha value is -3.64. The van der Waals surface area contributed by atoms with Crippen molar-refractivity contribution < 1.29 is 22.8 Å². The average molecular weight is 511 g/mol. The quantitative estimate of drug-likeness (QED) is 0.429. The van der Waals surface area contributed by atoms with Crippen LogP contribution < -0.4 is 10.6 Å². The van der Waals surface area contributed by atoms with Crippen LogP contribution in [0.2, 0.25) is 0 Å². The molecule has 4 rings (SSSR count). The summed E-state index contributed by atoms with van der Waals surface area (Å²) in [6.45, 7) is 11.9. The molecular formula is C28H29F3N4O2. The largest absolute Gasteiger partial charge is 0.352 e. The Balaban J connectivity index is 1.31. The number of hydrogen-bond acceptors (Lipinski definition) is 3. The number of amides is 2. The lowest BCUT2D eigenvalue weighted by molar-refractivity contribution is -0.121. The summed E-state index contributed by atoms with van der Waals surface area (Å²) in [5.74, 6) is -3.64. The summed E-state index contributed by atoms with van der Waals surface area (Å²) >= 11 is 0. The number of likely N-dealkylation sites (tertiary alicyclic amines) is 1. The third-order valence-electron chi connectivity index (χ3n) is 7.28. The molecule has 37 heavy (non-hydrogen) atoms. The van der Waals surface area contributed by atoms with Gasteiger partial charge < -0.3 is 20.4 Å². The van der Waals surface area contributed by atoms with Crippen LogP contribution in [-0.4, -0.2) is 42.9 Å². The topological polar surface area (TPSA) is 65.8 Å². The Bertz CT molecular complexity index is 1250. The van der Waals surface area contributed by atoms with Crippen molar-refractivity contribution >= 4 is 11.8 Å². The fourth-order valence-corrected chi connectivity index (χ4v) is 5.19. The molecule has 0 radical (unpaired) electrons. The summed E-state index contributed by atoms with van der Waals surface area (Å²) < 4.78 is 40.6. The van der Waals surface area contributed by atoms with Gasteiger partial charge in [0.2, 0.25) is 11.8 Å². The molecule has 2 aromatic carbocycles. The zero-order chi connectivity index (χ0) is 26.6. The van der Waals surface area contributed by atoms with E-state index in [1.165, 1.54) is 18.2 Å². The average Bonchev–Trinajstić information content (AvgIpc) is 2.88. The van der Waals surface area contributed by atoms with E-state index in [9.17, 15) is 22.8 Å². The molecule has 6 nitrogen and oxygen atoms in total. The van der Waals surface area contributed by atoms with Gasteiger partial charge in [-0.25, -0.2) is 19.7 Å². The molecular weight excluding hydrogens is 481 g/mol. The zero-order valence-corrected chi connectivity index (χ0v) is 20.6. The van der Waals surface area contributed by atoms with E-state index in [1.807, 2.05) is 0 Å². The Morgan fingerprint density at radius 3 is 2.49 bits per heavy atom. The maximum atomic E-state index is 13.8. The first kappa shape index (κ1) is 26.4. The zero-order valence-electron chi connectivity index (χ0n) is 20.6. The first-order chi connectivity index (χ1) is 17.7. The molecule has 1 atom stereocenters. The van der Waals surface area contributed by atoms with Crippen LogP contribution in [0.5, 0.6) is 0 Å². The molecule has 2 N–H and O–H groups in total. The molecule has 1 saturated heterocycles. The molecule has 2 aliphatic heterocycles. The smallest absolute Gasteiger partial charge is 0.260 e. The van der Waals surface area contributed by atoms with Crippen molar-refractivity contribution in [3.63, 3.8) is 0 Å². The number of nitrogens with one attached hydrogen (secondary N) is 2. The highest BCUT2D eigenvalue weighted by Gasteiger charge is 2.42. The molecule has 0 bridgehead atoms. The lowest BCUT2D eigenvalue weighted by Gasteiger charge is -2.34. The first-order valence-electron chi connectivity index (χ1n) is 12.3. The molecule has 0 aromatic heterocycles. The van der Waals surface area contributed by atoms with Gasteiger partial charge in [-0.2, -0.15) is 0 Å². The predicted molar refractivity (Wildman–Crippen MR) is 133 cm³/mol. The molecule has 1 unspecified atom stereocenters. The molecule has 9 heteroatoms. The Kier molecular flexibility index (Phi) is 7.98. The van der Waals surface area contributed by atoms with Gasteiger partial charge in [0.1, 0.15) is 5.82 Å². The van der Waals surface area contributed by atoms with Gasteiger partial charge in [-0.3, -0.25) is 9.59 Å². The Labute approximate surface area is 214 Å². The highest BCUT2D eigenvalue weighted by Crippen LogP contribution is 2.37. The SMILES string of the molecule is [C-]#[N+]C1(c2ccc(F)cc2)CCN(CCCNC(=O)C2=C(C)NC(=O)CC2c2ccc(F)c(F)c2)CC1. The molecule has 2 aromatic rings. The van der Waals surface area contributed by atoms with Crippen LogP contribution in [0.15, 0.2) is 53.7 Å². The third-order valence-corrected chi connectivity index (χ3v) is 7.28. The van der Waals surface area contributed by atoms with E-state index < -0.39 is 23.1 Å². The number of nitrogens with zero attached hydrogens (tertiary/aromatic N) is 2. The van der Waals surface area contributed by atoms with Crippen LogP contribution in [-0.2, 0) is 15.1 Å². The normalized spacial score (nSPS) is 19.8. The second-order valence-electron chi connectivity index (χ2n) is 9.62. The third kappa shape index (κ3) is 5.86. The molecule has 194 valence electrons. The van der Waals surface area contributed by atoms with Gasteiger partial charge in [0.25, 0.3) is 5.54 Å². The van der Waals surface area contributed by atoms with Gasteiger partial charge >= 0.3 is 0 Å². The number of hydrogen-bond donors (Lipinski definition) is 2. The first-order valence-corrected chi connectivity index (χ1v) is 12.3. The van der Waals surface area contributed by atoms with Crippen LogP contribution in [0.3, 0.4) is 0 Å². The maximum Gasteiger partial charge on any atom is 0.260 e. The van der Waals surface area contributed by atoms with Crippen molar-refractivity contribution in [3.05, 3.63) is 93.7 Å². The summed E-state index contributed by atoms with van der Waals surface area (Å²) in [5, 5.41) is 5.56. The predicted octanol–water partition coefficient (Wildman–Crippen LogP) is 4.40. The van der Waals surface area contributed by atoms with E-state index >= 15 is 0 Å². The van der Waals surface area contributed by atoms with E-state index in [0.29, 0.717) is 42.6 Å². The molecule has 0 aliphatic carbocycles. The van der Waals surface area contributed by atoms with Gasteiger partial charge in [-0.05, 0) is 61.9 Å². The molecule has 0 spiro atoms. The van der Waals surface area contributed by atoms with Crippen molar-refractivity contribution in [2.75, 3.05) is 26.2 Å². The summed E-state index contributed by atoms with van der Waals surface area (Å²) in [6, 6.07) is 9.59. The standard InChI is InChI=1S/C28H29F3N4O2/c1-18-26(22(17-25(36)34-18)19-4-9-23(30)24(31)16-19)27(37)33-12-3-13-35-14-10-28(32-2,11-15-35)20-5-7-21(29)8-6-20/h4-9,16,22H,3,10-15,17H2,1H3,(H,33,37)(H,34,36). The molecule has 0 saturated carbocycles. The maximum absolute atomic E-state index is 13.8. The molecule has 2 heterocycles. The van der Waals surface area contributed by atoms with Gasteiger partial charge in [0, 0.05) is 61.6 Å². The number of halogens is 3. The highest BCUT2D eigenvalue weighted by atomic mass is 19.2. The second kappa shape index (κ2) is 11.2. The van der Waals surface area contributed by atoms with Gasteiger partial charge in [-0.1, -0.05) is 6.07 Å². The van der Waals surface area contributed by atoms with Crippen LogP contribution >= 0.6 is 0 Å². The van der Waals surface area contributed by atoms with Crippen LogP contribution in [0.25, 0.3) is 4.85 Å². The van der Waals surface area contributed by atoms with E-state index in [4.69, 9.17) is 6.57 Å². The summed E-state index contributed by atoms with van der Waals surface area (Å²) in [5.41, 5.74) is 1.31. The van der Waals surface area contributed by atoms with Crippen LogP contribution in [0.4, 0.5) is 13.2 Å². The fourth-order valence-electron chi connectivity index (χ4n) is 5.19. The lowest BCUT2D eigenvalue weighted by Crippen LogP contribution is -2.42. The van der Waals surface area contributed by atoms with Gasteiger partial charge in [0.15, 0.2) is 11.6 Å². The fraction of sp³-hybridized carbons (Fsp3) is 0.393. The summed E-state index contributed by atoms with van der Waals surface area (Å²) in [6.07, 6.45) is 1.95. The van der Waals surface area contributed by atoms with Crippen molar-refractivity contribution in [2.24, 2.45) is 0 Å². The van der Waals surface area contributed by atoms with Crippen molar-refractivity contribution in [3.8, 4) is 0 Å². The number of carbonyl (C=O) groups excluding carboxylic acids is 2. The minimum Gasteiger partial charge on any atom is -0.352 e. The second-order valence-corrected chi connectivity index (χ2v) is 9.62. The van der Waals surface area contributed by atoms with Gasteiger partial charge in [0.05, 0.1) is 0 Å². The van der Waals surface area contributed by atoms with Crippen molar-refractivity contribution in [1.82, 2.24) is 15.5 Å². The molecule has 1 fully saturated rings. The number of rotatable bonds is 7. The van der Waals surface area contributed by atoms with E-state index in [0.717, 1.165) is 37.3 Å². The minimum absolute atomic E-state index is 0.0319. The Morgan fingerprint density at radius 1 is 1.14 bits per heavy atom. The summed E-state index contributed by atoms with van der Waals surface area (Å²) in [7, 11) is 0. The number of piperidine rings is 1. The van der Waals surface area contributed by atoms with Crippen LogP contribution in [0, 0.1) is 24.0 Å². The van der Waals surface area contributed by atoms with Crippen LogP contribution in [0.1, 0.15) is 49.7 Å². The number of allylic oxidation sites excluding steroid dienone is 1. The highest BCUT2D eigenvalue weighted by molar-refractivity contribution is 5.99. The van der Waals surface area contributed by atoms with E-state index in [2.05, 4.69) is 20.4 Å². The Morgan fingerprint density at radius 2 is 1.84 bits per heavy atom. The van der Waals surface area contributed by atoms with E-state index in [-0.39, 0.29) is 24.1 Å². The molecule has 2 amide bonds.